The molecule has 2 unspecified atom stereocenters. The zero-order chi connectivity index (χ0) is 12.2. The molecule has 6 heteroatoms. The summed E-state index contributed by atoms with van der Waals surface area (Å²) in [5, 5.41) is 0. The number of amides is 1. The van der Waals surface area contributed by atoms with Gasteiger partial charge in [0.1, 0.15) is 0 Å². The van der Waals surface area contributed by atoms with Gasteiger partial charge in [-0.3, -0.25) is 0 Å². The molecule has 2 fully saturated rings. The second-order valence-corrected chi connectivity index (χ2v) is 4.94. The summed E-state index contributed by atoms with van der Waals surface area (Å²) in [6.45, 7) is 2.75. The van der Waals surface area contributed by atoms with E-state index >= 15 is 0 Å². The van der Waals surface area contributed by atoms with Gasteiger partial charge in [-0.15, -0.1) is 0 Å². The van der Waals surface area contributed by atoms with Crippen LogP contribution in [0.3, 0.4) is 0 Å². The fraction of sp³-hybridized carbons (Fsp3) is 0.727. The summed E-state index contributed by atoms with van der Waals surface area (Å²) in [5.41, 5.74) is 0.947. The number of hydrogen-bond donors (Lipinski definition) is 0. The summed E-state index contributed by atoms with van der Waals surface area (Å²) in [6, 6.07) is 0.194. The van der Waals surface area contributed by atoms with Gasteiger partial charge in [0.05, 0.1) is 0 Å². The Bertz CT molecular complexity index is 423. The Morgan fingerprint density at radius 3 is 2.94 bits per heavy atom. The van der Waals surface area contributed by atoms with Crippen LogP contribution in [-0.4, -0.2) is 55.0 Å². The van der Waals surface area contributed by atoms with Crippen LogP contribution in [0.15, 0.2) is 11.5 Å². The molecule has 3 aliphatic heterocycles. The third-order valence-corrected chi connectivity index (χ3v) is 4.23. The fourth-order valence-electron chi connectivity index (χ4n) is 3.47. The molecule has 0 radical (unpaired) electrons. The normalized spacial score (nSPS) is 35.5. The van der Waals surface area contributed by atoms with Crippen LogP contribution < -0.4 is 0 Å². The number of nitrogens with zero attached hydrogens (tertiary/aromatic N) is 2. The predicted molar refractivity (Wildman–Crippen MR) is 60.3 cm³/mol. The Morgan fingerprint density at radius 2 is 2.29 bits per heavy atom. The van der Waals surface area contributed by atoms with Crippen molar-refractivity contribution in [3.8, 4) is 0 Å². The van der Waals surface area contributed by atoms with Crippen molar-refractivity contribution in [3.63, 3.8) is 0 Å². The van der Waals surface area contributed by atoms with E-state index < -0.39 is 0 Å². The quantitative estimate of drug-likeness (QED) is 0.500. The molecule has 17 heavy (non-hydrogen) atoms. The van der Waals surface area contributed by atoms with Gasteiger partial charge in [-0.25, -0.2) is 0 Å². The summed E-state index contributed by atoms with van der Waals surface area (Å²) in [5.74, 6) is 1.44. The molecular weight excluding hydrogens is 219 g/mol. The number of carbonyl (C=O) groups excluding carboxylic acids is 1. The van der Waals surface area contributed by atoms with Crippen LogP contribution in [0.4, 0.5) is 0 Å². The number of methoxy groups -OCH3 is 1. The average molecular weight is 234 g/mol. The van der Waals surface area contributed by atoms with Crippen molar-refractivity contribution in [1.82, 2.24) is 9.80 Å². The summed E-state index contributed by atoms with van der Waals surface area (Å²) in [4.78, 5) is 15.9. The van der Waals surface area contributed by atoms with Crippen LogP contribution in [0, 0.1) is 5.92 Å². The first kappa shape index (κ1) is 11.0. The number of ether oxygens (including phenoxy) is 1. The first-order valence-electron chi connectivity index (χ1n) is 5.93. The number of β-lactam (4-membered cyclic amide) rings is 1. The van der Waals surface area contributed by atoms with Gasteiger partial charge in [0, 0.05) is 0 Å². The second kappa shape index (κ2) is 3.66. The molecule has 0 aromatic heterocycles. The Balaban J connectivity index is 1.91. The summed E-state index contributed by atoms with van der Waals surface area (Å²) >= 11 is 0. The molecule has 0 N–H and O–H groups in total. The van der Waals surface area contributed by atoms with E-state index in [1.807, 2.05) is 16.7 Å². The zero-order valence-electron chi connectivity index (χ0n) is 10.0. The van der Waals surface area contributed by atoms with Gasteiger partial charge < -0.3 is 0 Å². The van der Waals surface area contributed by atoms with Crippen molar-refractivity contribution in [1.29, 1.82) is 0 Å². The van der Waals surface area contributed by atoms with Crippen molar-refractivity contribution < 1.29 is 14.2 Å². The van der Waals surface area contributed by atoms with Gasteiger partial charge in [-0.2, -0.15) is 0 Å². The third-order valence-electron chi connectivity index (χ3n) is 4.23. The summed E-state index contributed by atoms with van der Waals surface area (Å²) in [6.07, 6.45) is 1.24. The number of carbonyl (C=O) groups is 1. The van der Waals surface area contributed by atoms with Crippen LogP contribution >= 0.6 is 0 Å². The molecule has 1 amide bonds. The van der Waals surface area contributed by atoms with Crippen LogP contribution in [0.5, 0.6) is 0 Å². The number of likely N-dealkylation sites (tertiary alicyclic amines) is 1. The monoisotopic (exact) mass is 234 g/mol. The van der Waals surface area contributed by atoms with E-state index in [2.05, 4.69) is 0 Å². The second-order valence-electron chi connectivity index (χ2n) is 4.94. The molecule has 0 aromatic carbocycles. The summed E-state index contributed by atoms with van der Waals surface area (Å²) < 4.78 is 16.0. The predicted octanol–water partition coefficient (Wildman–Crippen LogP) is -0.214. The number of allylic oxidation sites excluding steroid dienone is 2. The van der Waals surface area contributed by atoms with Crippen molar-refractivity contribution in [2.45, 2.75) is 25.4 Å². The molecule has 2 saturated heterocycles. The molecular formula is C11H15BN2O3. The van der Waals surface area contributed by atoms with E-state index in [-0.39, 0.29) is 18.0 Å². The van der Waals surface area contributed by atoms with Crippen LogP contribution in [0.25, 0.3) is 0 Å². The molecule has 3 atom stereocenters. The first-order chi connectivity index (χ1) is 8.19. The molecule has 3 heterocycles. The minimum absolute atomic E-state index is 0.0708. The molecule has 0 aliphatic carbocycles. The van der Waals surface area contributed by atoms with Crippen LogP contribution in [-0.2, 0) is 14.2 Å². The standard InChI is InChI=1S/C11H15BN2O3/c1-6-8(17-2)3-7-4-13(5-12-16)10-9(7)14(6)11(10)15/h7,9-10H,3-5H2,1-2H3/t7?,9-,10?/m1/s1. The maximum atomic E-state index is 12.1. The van der Waals surface area contributed by atoms with Gasteiger partial charge >= 0.3 is 100.0 Å². The first-order valence-corrected chi connectivity index (χ1v) is 5.93. The Hall–Kier alpha value is -1.17. The van der Waals surface area contributed by atoms with Crippen LogP contribution in [0.1, 0.15) is 13.3 Å². The maximum absolute atomic E-state index is 12.1. The average Bonchev–Trinajstić information content (AvgIpc) is 2.62. The Labute approximate surface area is 101 Å². The molecule has 90 valence electrons. The molecule has 3 rings (SSSR count). The van der Waals surface area contributed by atoms with Crippen molar-refractivity contribution in [2.75, 3.05) is 20.1 Å². The number of hydrogen-bond acceptors (Lipinski definition) is 4. The molecule has 3 aliphatic rings. The van der Waals surface area contributed by atoms with E-state index in [1.165, 1.54) is 0 Å². The van der Waals surface area contributed by atoms with Gasteiger partial charge in [-0.05, 0) is 0 Å². The van der Waals surface area contributed by atoms with Crippen molar-refractivity contribution >= 4 is 13.1 Å². The SMILES string of the molecule is COC1=C(C)N2C(=O)C3[C@H]2C(C1)CN3CB=O. The van der Waals surface area contributed by atoms with E-state index in [4.69, 9.17) is 4.74 Å². The van der Waals surface area contributed by atoms with Gasteiger partial charge in [0.25, 0.3) is 0 Å². The Kier molecular flexibility index (Phi) is 2.36. The molecule has 0 aromatic rings. The molecule has 0 spiro atoms. The van der Waals surface area contributed by atoms with E-state index in [0.29, 0.717) is 12.4 Å². The Morgan fingerprint density at radius 1 is 1.53 bits per heavy atom. The fourth-order valence-corrected chi connectivity index (χ4v) is 3.47. The minimum atomic E-state index is -0.0708. The topological polar surface area (TPSA) is 49.9 Å². The van der Waals surface area contributed by atoms with Gasteiger partial charge in [-0.1, -0.05) is 0 Å². The van der Waals surface area contributed by atoms with Gasteiger partial charge in [0.2, 0.25) is 0 Å². The van der Waals surface area contributed by atoms with E-state index in [9.17, 15) is 9.50 Å². The van der Waals surface area contributed by atoms with Crippen molar-refractivity contribution in [3.05, 3.63) is 11.5 Å². The van der Waals surface area contributed by atoms with Crippen molar-refractivity contribution in [2.24, 2.45) is 5.92 Å². The molecule has 0 saturated carbocycles. The molecule has 0 bridgehead atoms. The number of rotatable bonds is 3. The third kappa shape index (κ3) is 1.27. The summed E-state index contributed by atoms with van der Waals surface area (Å²) in [7, 11) is 2.53. The molecule has 5 nitrogen and oxygen atoms in total. The zero-order valence-corrected chi connectivity index (χ0v) is 10.0. The van der Waals surface area contributed by atoms with E-state index in [0.717, 1.165) is 31.6 Å². The van der Waals surface area contributed by atoms with Crippen LogP contribution in [0.2, 0.25) is 0 Å². The van der Waals surface area contributed by atoms with Gasteiger partial charge in [0.15, 0.2) is 0 Å². The van der Waals surface area contributed by atoms with E-state index in [1.54, 1.807) is 7.11 Å².